The molecule has 29 heavy (non-hydrogen) atoms. The largest absolute Gasteiger partial charge is 0.493 e. The van der Waals surface area contributed by atoms with Crippen molar-refractivity contribution in [2.75, 3.05) is 43.8 Å². The number of amides is 1. The summed E-state index contributed by atoms with van der Waals surface area (Å²) in [6.07, 6.45) is 3.18. The zero-order valence-electron chi connectivity index (χ0n) is 16.9. The van der Waals surface area contributed by atoms with Crippen molar-refractivity contribution in [2.45, 2.75) is 0 Å². The Bertz CT molecular complexity index is 988. The molecule has 1 aromatic heterocycles. The Hall–Kier alpha value is -3.74. The van der Waals surface area contributed by atoms with Crippen LogP contribution in [0.2, 0.25) is 0 Å². The van der Waals surface area contributed by atoms with E-state index in [1.807, 2.05) is 61.5 Å². The highest BCUT2D eigenvalue weighted by Gasteiger charge is 2.09. The van der Waals surface area contributed by atoms with Gasteiger partial charge in [-0.15, -0.1) is 0 Å². The second kappa shape index (κ2) is 8.97. The fourth-order valence-corrected chi connectivity index (χ4v) is 2.76. The van der Waals surface area contributed by atoms with E-state index in [1.54, 1.807) is 26.5 Å². The van der Waals surface area contributed by atoms with E-state index in [0.29, 0.717) is 22.7 Å². The van der Waals surface area contributed by atoms with Gasteiger partial charge in [0.25, 0.3) is 5.91 Å². The third kappa shape index (κ3) is 4.95. The molecule has 3 aromatic rings. The van der Waals surface area contributed by atoms with Crippen LogP contribution >= 0.6 is 0 Å². The van der Waals surface area contributed by atoms with Gasteiger partial charge < -0.3 is 25.0 Å². The van der Waals surface area contributed by atoms with Gasteiger partial charge in [-0.1, -0.05) is 0 Å². The van der Waals surface area contributed by atoms with E-state index < -0.39 is 0 Å². The maximum Gasteiger partial charge on any atom is 0.257 e. The summed E-state index contributed by atoms with van der Waals surface area (Å²) in [6.45, 7) is 0. The van der Waals surface area contributed by atoms with Crippen molar-refractivity contribution in [3.63, 3.8) is 0 Å². The quantitative estimate of drug-likeness (QED) is 0.629. The Labute approximate surface area is 170 Å². The van der Waals surface area contributed by atoms with Gasteiger partial charge in [-0.25, -0.2) is 0 Å². The van der Waals surface area contributed by atoms with Crippen molar-refractivity contribution >= 4 is 28.7 Å². The van der Waals surface area contributed by atoms with Crippen LogP contribution in [-0.2, 0) is 0 Å². The fourth-order valence-electron chi connectivity index (χ4n) is 2.76. The van der Waals surface area contributed by atoms with Crippen molar-refractivity contribution in [3.8, 4) is 11.5 Å². The second-order valence-electron chi connectivity index (χ2n) is 6.55. The number of rotatable bonds is 7. The van der Waals surface area contributed by atoms with Crippen molar-refractivity contribution < 1.29 is 14.3 Å². The predicted octanol–water partition coefficient (Wildman–Crippen LogP) is 4.16. The molecule has 0 bridgehead atoms. The topological polar surface area (TPSA) is 75.7 Å². The Balaban J connectivity index is 1.72. The summed E-state index contributed by atoms with van der Waals surface area (Å²) >= 11 is 0. The molecular formula is C22H24N4O3. The Morgan fingerprint density at radius 2 is 1.55 bits per heavy atom. The average Bonchev–Trinajstić information content (AvgIpc) is 2.74. The summed E-state index contributed by atoms with van der Waals surface area (Å²) in [5.74, 6) is 1.02. The summed E-state index contributed by atoms with van der Waals surface area (Å²) < 4.78 is 10.6. The van der Waals surface area contributed by atoms with E-state index in [9.17, 15) is 4.79 Å². The Morgan fingerprint density at radius 3 is 2.21 bits per heavy atom. The van der Waals surface area contributed by atoms with E-state index in [2.05, 4.69) is 15.6 Å². The first-order valence-electron chi connectivity index (χ1n) is 9.03. The number of anilines is 4. The van der Waals surface area contributed by atoms with Crippen molar-refractivity contribution in [2.24, 2.45) is 0 Å². The maximum absolute atomic E-state index is 12.6. The van der Waals surface area contributed by atoms with E-state index in [0.717, 1.165) is 17.1 Å². The maximum atomic E-state index is 12.6. The van der Waals surface area contributed by atoms with Gasteiger partial charge in [-0.2, -0.15) is 0 Å². The first-order chi connectivity index (χ1) is 14.0. The summed E-state index contributed by atoms with van der Waals surface area (Å²) in [7, 11) is 7.11. The molecule has 0 saturated heterocycles. The molecule has 7 heteroatoms. The number of ether oxygens (including phenoxy) is 2. The van der Waals surface area contributed by atoms with Crippen LogP contribution in [-0.4, -0.2) is 39.2 Å². The monoisotopic (exact) mass is 392 g/mol. The van der Waals surface area contributed by atoms with Gasteiger partial charge >= 0.3 is 0 Å². The number of hydrogen-bond donors (Lipinski definition) is 2. The SMILES string of the molecule is COc1ccc(Nc2cncc(C(=O)Nc3ccc(N(C)C)cc3)c2)cc1OC. The van der Waals surface area contributed by atoms with Crippen molar-refractivity contribution in [1.29, 1.82) is 0 Å². The highest BCUT2D eigenvalue weighted by atomic mass is 16.5. The molecule has 0 aliphatic heterocycles. The van der Waals surface area contributed by atoms with Gasteiger partial charge in [0.2, 0.25) is 0 Å². The predicted molar refractivity (Wildman–Crippen MR) is 116 cm³/mol. The van der Waals surface area contributed by atoms with Crippen LogP contribution in [0.5, 0.6) is 11.5 Å². The normalized spacial score (nSPS) is 10.2. The van der Waals surface area contributed by atoms with Crippen LogP contribution in [0.1, 0.15) is 10.4 Å². The molecule has 1 amide bonds. The highest BCUT2D eigenvalue weighted by molar-refractivity contribution is 6.04. The lowest BCUT2D eigenvalue weighted by molar-refractivity contribution is 0.102. The molecule has 0 spiro atoms. The molecule has 2 N–H and O–H groups in total. The number of pyridine rings is 1. The van der Waals surface area contributed by atoms with Crippen molar-refractivity contribution in [1.82, 2.24) is 4.98 Å². The van der Waals surface area contributed by atoms with Gasteiger partial charge in [0.15, 0.2) is 11.5 Å². The molecule has 0 aliphatic carbocycles. The standard InChI is InChI=1S/C22H24N4O3/c1-26(2)19-8-5-16(6-9-19)25-22(27)15-11-18(14-23-13-15)24-17-7-10-20(28-3)21(12-17)29-4/h5-14,24H,1-4H3,(H,25,27). The van der Waals surface area contributed by atoms with Crippen LogP contribution in [0.25, 0.3) is 0 Å². The molecule has 0 atom stereocenters. The number of methoxy groups -OCH3 is 2. The first kappa shape index (κ1) is 20.0. The Morgan fingerprint density at radius 1 is 0.862 bits per heavy atom. The van der Waals surface area contributed by atoms with E-state index >= 15 is 0 Å². The van der Waals surface area contributed by atoms with Crippen LogP contribution in [0.15, 0.2) is 60.9 Å². The smallest absolute Gasteiger partial charge is 0.257 e. The number of carbonyl (C=O) groups excluding carboxylic acids is 1. The molecule has 0 aliphatic rings. The van der Waals surface area contributed by atoms with Gasteiger partial charge in [-0.3, -0.25) is 9.78 Å². The molecule has 0 saturated carbocycles. The summed E-state index contributed by atoms with van der Waals surface area (Å²) in [5, 5.41) is 6.11. The van der Waals surface area contributed by atoms with Crippen LogP contribution in [0.4, 0.5) is 22.7 Å². The molecule has 2 aromatic carbocycles. The molecule has 7 nitrogen and oxygen atoms in total. The van der Waals surface area contributed by atoms with Crippen LogP contribution < -0.4 is 25.0 Å². The number of aromatic nitrogens is 1. The zero-order chi connectivity index (χ0) is 20.8. The molecule has 0 fully saturated rings. The van der Waals surface area contributed by atoms with Crippen LogP contribution in [0.3, 0.4) is 0 Å². The third-order valence-electron chi connectivity index (χ3n) is 4.31. The summed E-state index contributed by atoms with van der Waals surface area (Å²) in [5.41, 5.74) is 3.71. The third-order valence-corrected chi connectivity index (χ3v) is 4.31. The van der Waals surface area contributed by atoms with Crippen molar-refractivity contribution in [3.05, 3.63) is 66.5 Å². The highest BCUT2D eigenvalue weighted by Crippen LogP contribution is 2.31. The minimum atomic E-state index is -0.230. The van der Waals surface area contributed by atoms with Crippen LogP contribution in [0, 0.1) is 0 Å². The molecular weight excluding hydrogens is 368 g/mol. The second-order valence-corrected chi connectivity index (χ2v) is 6.55. The van der Waals surface area contributed by atoms with Gasteiger partial charge in [0.05, 0.1) is 31.7 Å². The lowest BCUT2D eigenvalue weighted by Crippen LogP contribution is -2.13. The van der Waals surface area contributed by atoms with Gasteiger partial charge in [0.1, 0.15) is 0 Å². The van der Waals surface area contributed by atoms with E-state index in [1.165, 1.54) is 6.20 Å². The molecule has 0 radical (unpaired) electrons. The molecule has 150 valence electrons. The zero-order valence-corrected chi connectivity index (χ0v) is 16.9. The molecule has 0 unspecified atom stereocenters. The molecule has 3 rings (SSSR count). The molecule has 1 heterocycles. The fraction of sp³-hybridized carbons (Fsp3) is 0.182. The summed E-state index contributed by atoms with van der Waals surface area (Å²) in [4.78, 5) is 18.8. The minimum absolute atomic E-state index is 0.230. The average molecular weight is 392 g/mol. The number of nitrogens with zero attached hydrogens (tertiary/aromatic N) is 2. The number of hydrogen-bond acceptors (Lipinski definition) is 6. The summed E-state index contributed by atoms with van der Waals surface area (Å²) in [6, 6.07) is 14.9. The lowest BCUT2D eigenvalue weighted by atomic mass is 10.2. The first-order valence-corrected chi connectivity index (χ1v) is 9.03. The number of benzene rings is 2. The van der Waals surface area contributed by atoms with E-state index in [4.69, 9.17) is 9.47 Å². The number of carbonyl (C=O) groups is 1. The number of nitrogens with one attached hydrogen (secondary N) is 2. The Kier molecular flexibility index (Phi) is 6.19. The van der Waals surface area contributed by atoms with E-state index in [-0.39, 0.29) is 5.91 Å². The lowest BCUT2D eigenvalue weighted by Gasteiger charge is -2.13. The minimum Gasteiger partial charge on any atom is -0.493 e. The van der Waals surface area contributed by atoms with Gasteiger partial charge in [0, 0.05) is 43.4 Å². The van der Waals surface area contributed by atoms with Gasteiger partial charge in [-0.05, 0) is 42.5 Å².